The molecule has 0 radical (unpaired) electrons. The lowest BCUT2D eigenvalue weighted by atomic mass is 10.2. The topological polar surface area (TPSA) is 26.0 Å². The molecule has 0 unspecified atom stereocenters. The number of hydrogen-bond acceptors (Lipinski definition) is 2. The van der Waals surface area contributed by atoms with Crippen molar-refractivity contribution in [3.8, 4) is 22.8 Å². The van der Waals surface area contributed by atoms with Gasteiger partial charge in [-0.25, -0.2) is 4.98 Å². The SMILES string of the molecule is Clc1ccc(-c2ncc(-c3ccc(Br)cc3)o2)cc1. The minimum atomic E-state index is 0.592. The standard InChI is InChI=1S/C15H9BrClNO/c16-12-5-1-10(2-6-12)14-9-18-15(19-14)11-3-7-13(17)8-4-11/h1-9H. The second-order valence-electron chi connectivity index (χ2n) is 4.04. The van der Waals surface area contributed by atoms with Gasteiger partial charge in [0.05, 0.1) is 6.20 Å². The highest BCUT2D eigenvalue weighted by Crippen LogP contribution is 2.27. The molecule has 1 aromatic heterocycles. The van der Waals surface area contributed by atoms with Crippen LogP contribution in [0, 0.1) is 0 Å². The van der Waals surface area contributed by atoms with Gasteiger partial charge in [0.1, 0.15) is 0 Å². The third kappa shape index (κ3) is 2.72. The van der Waals surface area contributed by atoms with Gasteiger partial charge in [-0.05, 0) is 36.4 Å². The zero-order valence-electron chi connectivity index (χ0n) is 9.81. The molecular weight excluding hydrogens is 326 g/mol. The van der Waals surface area contributed by atoms with E-state index in [0.717, 1.165) is 21.4 Å². The van der Waals surface area contributed by atoms with Gasteiger partial charge in [0.15, 0.2) is 5.76 Å². The highest BCUT2D eigenvalue weighted by Gasteiger charge is 2.08. The average Bonchev–Trinajstić information content (AvgIpc) is 2.90. The van der Waals surface area contributed by atoms with Crippen molar-refractivity contribution < 1.29 is 4.42 Å². The van der Waals surface area contributed by atoms with Crippen molar-refractivity contribution in [1.82, 2.24) is 4.98 Å². The molecule has 0 aliphatic heterocycles. The second-order valence-corrected chi connectivity index (χ2v) is 5.40. The van der Waals surface area contributed by atoms with Crippen LogP contribution in [0.5, 0.6) is 0 Å². The number of oxazole rings is 1. The normalized spacial score (nSPS) is 10.6. The van der Waals surface area contributed by atoms with Crippen molar-refractivity contribution in [3.05, 3.63) is 64.2 Å². The Hall–Kier alpha value is -1.58. The van der Waals surface area contributed by atoms with E-state index in [1.54, 1.807) is 6.20 Å². The molecule has 94 valence electrons. The Morgan fingerprint density at radius 2 is 1.53 bits per heavy atom. The Bertz CT molecular complexity index is 629. The lowest BCUT2D eigenvalue weighted by Crippen LogP contribution is -1.75. The molecule has 19 heavy (non-hydrogen) atoms. The molecule has 0 bridgehead atoms. The summed E-state index contributed by atoms with van der Waals surface area (Å²) >= 11 is 9.27. The maximum Gasteiger partial charge on any atom is 0.226 e. The quantitative estimate of drug-likeness (QED) is 0.625. The van der Waals surface area contributed by atoms with Gasteiger partial charge < -0.3 is 4.42 Å². The molecule has 0 spiro atoms. The van der Waals surface area contributed by atoms with Crippen LogP contribution in [0.1, 0.15) is 0 Å². The molecule has 0 aliphatic carbocycles. The van der Waals surface area contributed by atoms with Gasteiger partial charge in [0, 0.05) is 20.6 Å². The van der Waals surface area contributed by atoms with E-state index >= 15 is 0 Å². The Kier molecular flexibility index (Phi) is 3.40. The van der Waals surface area contributed by atoms with Gasteiger partial charge in [0.2, 0.25) is 5.89 Å². The number of aromatic nitrogens is 1. The van der Waals surface area contributed by atoms with E-state index in [1.165, 1.54) is 0 Å². The number of halogens is 2. The fraction of sp³-hybridized carbons (Fsp3) is 0. The lowest BCUT2D eigenvalue weighted by Gasteiger charge is -1.97. The van der Waals surface area contributed by atoms with E-state index in [1.807, 2.05) is 48.5 Å². The van der Waals surface area contributed by atoms with Gasteiger partial charge in [-0.2, -0.15) is 0 Å². The van der Waals surface area contributed by atoms with Gasteiger partial charge in [-0.3, -0.25) is 0 Å². The summed E-state index contributed by atoms with van der Waals surface area (Å²) in [4.78, 5) is 4.29. The van der Waals surface area contributed by atoms with Crippen LogP contribution < -0.4 is 0 Å². The molecular formula is C15H9BrClNO. The van der Waals surface area contributed by atoms with Crippen LogP contribution in [0.25, 0.3) is 22.8 Å². The van der Waals surface area contributed by atoms with E-state index in [0.29, 0.717) is 10.9 Å². The first-order valence-corrected chi connectivity index (χ1v) is 6.87. The third-order valence-electron chi connectivity index (χ3n) is 2.73. The van der Waals surface area contributed by atoms with E-state index in [2.05, 4.69) is 20.9 Å². The Morgan fingerprint density at radius 3 is 2.21 bits per heavy atom. The molecule has 4 heteroatoms. The molecule has 1 heterocycles. The third-order valence-corrected chi connectivity index (χ3v) is 3.51. The monoisotopic (exact) mass is 333 g/mol. The Balaban J connectivity index is 1.95. The molecule has 2 nitrogen and oxygen atoms in total. The van der Waals surface area contributed by atoms with Crippen molar-refractivity contribution in [2.24, 2.45) is 0 Å². The van der Waals surface area contributed by atoms with Crippen molar-refractivity contribution >= 4 is 27.5 Å². The van der Waals surface area contributed by atoms with E-state index in [9.17, 15) is 0 Å². The first-order valence-electron chi connectivity index (χ1n) is 5.70. The maximum absolute atomic E-state index is 5.86. The molecule has 0 amide bonds. The summed E-state index contributed by atoms with van der Waals surface area (Å²) in [7, 11) is 0. The highest BCUT2D eigenvalue weighted by atomic mass is 79.9. The van der Waals surface area contributed by atoms with E-state index in [-0.39, 0.29) is 0 Å². The first kappa shape index (κ1) is 12.5. The minimum absolute atomic E-state index is 0.592. The maximum atomic E-state index is 5.86. The average molecular weight is 335 g/mol. The Labute approximate surface area is 124 Å². The van der Waals surface area contributed by atoms with Crippen LogP contribution in [-0.2, 0) is 0 Å². The van der Waals surface area contributed by atoms with Crippen LogP contribution >= 0.6 is 27.5 Å². The van der Waals surface area contributed by atoms with Crippen LogP contribution in [0.2, 0.25) is 5.02 Å². The smallest absolute Gasteiger partial charge is 0.226 e. The summed E-state index contributed by atoms with van der Waals surface area (Å²) < 4.78 is 6.80. The summed E-state index contributed by atoms with van der Waals surface area (Å²) in [6.45, 7) is 0. The van der Waals surface area contributed by atoms with E-state index in [4.69, 9.17) is 16.0 Å². The van der Waals surface area contributed by atoms with Gasteiger partial charge in [-0.1, -0.05) is 39.7 Å². The van der Waals surface area contributed by atoms with E-state index < -0.39 is 0 Å². The molecule has 2 aromatic carbocycles. The van der Waals surface area contributed by atoms with Crippen molar-refractivity contribution in [2.45, 2.75) is 0 Å². The number of hydrogen-bond donors (Lipinski definition) is 0. The fourth-order valence-corrected chi connectivity index (χ4v) is 2.14. The summed E-state index contributed by atoms with van der Waals surface area (Å²) in [6, 6.07) is 15.3. The highest BCUT2D eigenvalue weighted by molar-refractivity contribution is 9.10. The van der Waals surface area contributed by atoms with Crippen molar-refractivity contribution in [1.29, 1.82) is 0 Å². The van der Waals surface area contributed by atoms with Crippen LogP contribution in [-0.4, -0.2) is 4.98 Å². The van der Waals surface area contributed by atoms with Crippen LogP contribution in [0.15, 0.2) is 63.6 Å². The predicted molar refractivity (Wildman–Crippen MR) is 80.1 cm³/mol. The van der Waals surface area contributed by atoms with Crippen molar-refractivity contribution in [2.75, 3.05) is 0 Å². The van der Waals surface area contributed by atoms with Crippen molar-refractivity contribution in [3.63, 3.8) is 0 Å². The lowest BCUT2D eigenvalue weighted by molar-refractivity contribution is 0.589. The van der Waals surface area contributed by atoms with Crippen LogP contribution in [0.3, 0.4) is 0 Å². The molecule has 0 atom stereocenters. The molecule has 3 aromatic rings. The zero-order valence-corrected chi connectivity index (χ0v) is 12.1. The summed E-state index contributed by atoms with van der Waals surface area (Å²) in [5, 5.41) is 0.698. The molecule has 0 saturated heterocycles. The fourth-order valence-electron chi connectivity index (χ4n) is 1.75. The second kappa shape index (κ2) is 5.19. The zero-order chi connectivity index (χ0) is 13.2. The number of benzene rings is 2. The van der Waals surface area contributed by atoms with Crippen LogP contribution in [0.4, 0.5) is 0 Å². The Morgan fingerprint density at radius 1 is 0.895 bits per heavy atom. The summed E-state index contributed by atoms with van der Waals surface area (Å²) in [5.74, 6) is 1.34. The number of nitrogens with zero attached hydrogens (tertiary/aromatic N) is 1. The largest absolute Gasteiger partial charge is 0.436 e. The molecule has 0 aliphatic rings. The number of rotatable bonds is 2. The molecule has 0 fully saturated rings. The molecule has 0 saturated carbocycles. The van der Waals surface area contributed by atoms with Gasteiger partial charge >= 0.3 is 0 Å². The molecule has 3 rings (SSSR count). The molecule has 0 N–H and O–H groups in total. The summed E-state index contributed by atoms with van der Waals surface area (Å²) in [5.41, 5.74) is 1.91. The van der Waals surface area contributed by atoms with Gasteiger partial charge in [0.25, 0.3) is 0 Å². The summed E-state index contributed by atoms with van der Waals surface area (Å²) in [6.07, 6.45) is 1.73. The minimum Gasteiger partial charge on any atom is -0.436 e. The predicted octanol–water partition coefficient (Wildman–Crippen LogP) is 5.42. The van der Waals surface area contributed by atoms with Gasteiger partial charge in [-0.15, -0.1) is 0 Å². The first-order chi connectivity index (χ1) is 9.22.